The van der Waals surface area contributed by atoms with E-state index in [0.717, 1.165) is 173 Å². The molecule has 7 N–H and O–H groups in total. The van der Waals surface area contributed by atoms with Crippen LogP contribution >= 0.6 is 0 Å². The van der Waals surface area contributed by atoms with Gasteiger partial charge in [0.25, 0.3) is 0 Å². The number of phenolic OH excluding ortho intramolecular Hbond substituents is 1. The number of esters is 5. The minimum absolute atomic E-state index is 0.0322. The first-order chi connectivity index (χ1) is 57.0. The average Bonchev–Trinajstić information content (AvgIpc) is 1.68. The number of nitrogens with one attached hydrogen (secondary N) is 1. The van der Waals surface area contributed by atoms with Crippen LogP contribution in [-0.2, 0) is 88.0 Å². The summed E-state index contributed by atoms with van der Waals surface area (Å²) in [4.78, 5) is 138. The molecule has 16 atom stereocenters. The molecule has 1 amide bonds. The van der Waals surface area contributed by atoms with Gasteiger partial charge in [-0.25, -0.2) is 0 Å². The maximum Gasteiger partial charge on any atom is 0.314 e. The number of carboxylic acids is 2. The Hall–Kier alpha value is -8.72. The van der Waals surface area contributed by atoms with Crippen LogP contribution in [0, 0.1) is 69.0 Å². The predicted octanol–water partition coefficient (Wildman–Crippen LogP) is 17.0. The fourth-order valence-electron chi connectivity index (χ4n) is 24.3. The summed E-state index contributed by atoms with van der Waals surface area (Å²) < 4.78 is 20.3. The number of amides is 1. The van der Waals surface area contributed by atoms with E-state index in [1.165, 1.54) is 70.2 Å². The lowest BCUT2D eigenvalue weighted by molar-refractivity contribution is -0.368. The summed E-state index contributed by atoms with van der Waals surface area (Å²) in [5, 5.41) is 29.9. The third-order valence-electron chi connectivity index (χ3n) is 30.7. The quantitative estimate of drug-likeness (QED) is 0.0252. The van der Waals surface area contributed by atoms with Gasteiger partial charge in [0.2, 0.25) is 5.91 Å². The number of carboxylic acid groups (broad SMARTS) is 2. The highest BCUT2D eigenvalue weighted by Crippen LogP contribution is 2.64. The smallest absolute Gasteiger partial charge is 0.314 e. The van der Waals surface area contributed by atoms with Crippen molar-refractivity contribution < 1.29 is 97.5 Å². The number of aryl methyl sites for hydroxylation is 4. The van der Waals surface area contributed by atoms with E-state index >= 15 is 0 Å². The Morgan fingerprint density at radius 3 is 1.00 bits per heavy atom. The molecular formula is C98H129N2O19+. The summed E-state index contributed by atoms with van der Waals surface area (Å²) in [5.41, 5.74) is 14.0. The number of ether oxygens (including phenoxy) is 4. The van der Waals surface area contributed by atoms with Crippen LogP contribution in [0.15, 0.2) is 72.8 Å². The van der Waals surface area contributed by atoms with Gasteiger partial charge in [0.1, 0.15) is 46.1 Å². The van der Waals surface area contributed by atoms with Crippen LogP contribution in [0.1, 0.15) is 328 Å². The predicted molar refractivity (Wildman–Crippen MR) is 446 cm³/mol. The third kappa shape index (κ3) is 20.4. The second kappa shape index (κ2) is 39.4. The van der Waals surface area contributed by atoms with Gasteiger partial charge in [0.15, 0.2) is 0 Å². The van der Waals surface area contributed by atoms with Gasteiger partial charge in [-0.2, -0.15) is 0 Å². The molecular weight excluding hydrogens is 1510 g/mol. The largest absolute Gasteiger partial charge is 0.508 e. The third-order valence-corrected chi connectivity index (χ3v) is 30.7. The van der Waals surface area contributed by atoms with Crippen LogP contribution in [0.3, 0.4) is 0 Å². The zero-order valence-corrected chi connectivity index (χ0v) is 71.2. The molecule has 644 valence electrons. The van der Waals surface area contributed by atoms with E-state index in [9.17, 15) is 62.6 Å². The molecule has 4 aromatic carbocycles. The summed E-state index contributed by atoms with van der Waals surface area (Å²) in [5.74, 6) is 6.26. The number of carbonyl (C=O) groups is 12. The number of rotatable bonds is 19. The highest BCUT2D eigenvalue weighted by Gasteiger charge is 2.59. The summed E-state index contributed by atoms with van der Waals surface area (Å²) in [6.45, 7) is 14.9. The number of aromatic hydroxyl groups is 1. The molecule has 0 bridgehead atoms. The average molecular weight is 1640 g/mol. The first-order valence-corrected chi connectivity index (χ1v) is 45.2. The maximum atomic E-state index is 12.5. The molecule has 12 aliphatic carbocycles. The van der Waals surface area contributed by atoms with Gasteiger partial charge in [-0.05, 0) is 312 Å². The first-order valence-electron chi connectivity index (χ1n) is 45.2. The molecule has 9 fully saturated rings. The Morgan fingerprint density at radius 2 is 0.706 bits per heavy atom. The summed E-state index contributed by atoms with van der Waals surface area (Å²) >= 11 is 0. The van der Waals surface area contributed by atoms with E-state index in [0.29, 0.717) is 124 Å². The van der Waals surface area contributed by atoms with Gasteiger partial charge in [-0.1, -0.05) is 85.1 Å². The van der Waals surface area contributed by atoms with E-state index in [4.69, 9.17) is 24.4 Å². The second-order valence-corrected chi connectivity index (χ2v) is 37.5. The highest BCUT2D eigenvalue weighted by molar-refractivity contribution is 5.93. The highest BCUT2D eigenvalue weighted by atomic mass is 16.6. The lowest BCUT2D eigenvalue weighted by Gasteiger charge is -2.48. The van der Waals surface area contributed by atoms with Gasteiger partial charge in [0, 0.05) is 60.3 Å². The van der Waals surface area contributed by atoms with Crippen molar-refractivity contribution in [2.24, 2.45) is 69.0 Å². The van der Waals surface area contributed by atoms with Crippen LogP contribution in [0.2, 0.25) is 0 Å². The van der Waals surface area contributed by atoms with Crippen LogP contribution in [0.5, 0.6) is 23.0 Å². The standard InChI is InChI=1S/C27H37NO4.2C22H26O5.C18H22O2.C5H13N.C4H4O3/c1-3-4-5-16-28-25(30)12-13-26(31)32-19-7-9-20-18(17-19)6-8-22-21(20)14-15-27(2)23(22)10-11-24(27)29;2*1-22-11-10-16-15-5-3-14(27-21(26)9-8-20(24)25)12-13(15)2-4-17(16)18(22)6-7-19(22)23;1-18-9-8-14-13-5-3-12(19)10-11(13)2-4-15(14)16(18)6-7-17(18)20;1-2-3-4-5-6;5-3-1-2-4(6)7-3/h7,9,17,21-23H,3-6,8,10-16H2,1-2H3,(H,28,30);2*3,5,12,16-18H,2,4,6-11H2,1H3,(H,24,25);3,5,10,14-16,19H,2,4,6-9H2,1H3;2-6H2,1H3;1-2H2/p+1. The molecule has 16 unspecified atom stereocenters. The zero-order chi connectivity index (χ0) is 85.1. The number of unbranched alkanes of at least 4 members (excludes halogenated alkanes) is 4. The van der Waals surface area contributed by atoms with Gasteiger partial charge in [-0.15, -0.1) is 0 Å². The number of benzene rings is 4. The number of phenols is 1. The topological polar surface area (TPSA) is 342 Å². The Kier molecular flexibility index (Phi) is 29.7. The minimum Gasteiger partial charge on any atom is -0.508 e. The monoisotopic (exact) mass is 1640 g/mol. The van der Waals surface area contributed by atoms with Gasteiger partial charge in [0.05, 0.1) is 51.5 Å². The molecule has 0 aromatic heterocycles. The molecule has 21 heteroatoms. The molecule has 1 saturated heterocycles. The van der Waals surface area contributed by atoms with Crippen molar-refractivity contribution in [2.45, 2.75) is 309 Å². The van der Waals surface area contributed by atoms with Crippen molar-refractivity contribution in [3.8, 4) is 23.0 Å². The van der Waals surface area contributed by atoms with E-state index in [1.807, 2.05) is 48.5 Å². The first kappa shape index (κ1) is 89.5. The van der Waals surface area contributed by atoms with Crippen molar-refractivity contribution in [1.82, 2.24) is 5.32 Å². The van der Waals surface area contributed by atoms with Crippen molar-refractivity contribution in [3.05, 3.63) is 117 Å². The fourth-order valence-corrected chi connectivity index (χ4v) is 24.3. The lowest BCUT2D eigenvalue weighted by Crippen LogP contribution is -2.49. The lowest BCUT2D eigenvalue weighted by atomic mass is 9.55. The molecule has 0 radical (unpaired) electrons. The second-order valence-electron chi connectivity index (χ2n) is 37.5. The zero-order valence-electron chi connectivity index (χ0n) is 71.2. The maximum absolute atomic E-state index is 12.5. The molecule has 1 aliphatic heterocycles. The molecule has 8 saturated carbocycles. The molecule has 1 heterocycles. The van der Waals surface area contributed by atoms with Crippen LogP contribution in [-0.4, -0.2) is 99.2 Å². The van der Waals surface area contributed by atoms with E-state index in [2.05, 4.69) is 81.6 Å². The number of fused-ring (bicyclic) bond motifs is 20. The number of quaternary nitrogens is 1. The summed E-state index contributed by atoms with van der Waals surface area (Å²) in [6.07, 6.45) is 31.2. The minimum atomic E-state index is -1.00. The van der Waals surface area contributed by atoms with E-state index < -0.39 is 35.8 Å². The van der Waals surface area contributed by atoms with E-state index in [-0.39, 0.29) is 84.9 Å². The summed E-state index contributed by atoms with van der Waals surface area (Å²) in [6, 6.07) is 23.6. The van der Waals surface area contributed by atoms with Crippen LogP contribution in [0.4, 0.5) is 0 Å². The van der Waals surface area contributed by atoms with Crippen LogP contribution < -0.4 is 25.3 Å². The number of hydrogen-bond acceptors (Lipinski definition) is 17. The number of ketones is 4. The number of Topliss-reactive ketones (excluding diaryl/α,β-unsaturated/α-hetero) is 4. The molecule has 119 heavy (non-hydrogen) atoms. The van der Waals surface area contributed by atoms with Crippen LogP contribution in [0.25, 0.3) is 0 Å². The Bertz CT molecular complexity index is 4290. The number of carbonyl (C=O) groups excluding carboxylic acids is 10. The number of aliphatic carboxylic acids is 2. The van der Waals surface area contributed by atoms with Crippen molar-refractivity contribution >= 4 is 70.8 Å². The Labute approximate surface area is 701 Å². The van der Waals surface area contributed by atoms with Crippen molar-refractivity contribution in [3.63, 3.8) is 0 Å². The summed E-state index contributed by atoms with van der Waals surface area (Å²) in [7, 11) is 0. The number of cyclic esters (lactones) is 2. The molecule has 21 nitrogen and oxygen atoms in total. The van der Waals surface area contributed by atoms with Crippen molar-refractivity contribution in [2.75, 3.05) is 13.1 Å². The van der Waals surface area contributed by atoms with Gasteiger partial charge >= 0.3 is 41.8 Å². The molecule has 4 aromatic rings. The molecule has 0 spiro atoms. The Morgan fingerprint density at radius 1 is 0.395 bits per heavy atom. The van der Waals surface area contributed by atoms with Gasteiger partial charge < -0.3 is 45.3 Å². The molecule has 17 rings (SSSR count). The normalized spacial score (nSPS) is 30.2. The number of hydrogen-bond donors (Lipinski definition) is 5. The SMILES string of the molecule is CC12CCC3c4ccc(O)cc4CCC3C1CCC2=O.CC12CCC3c4ccc(OC(=O)CCC(=O)O)cc4CCC3C1CCC2=O.CC12CCC3c4ccc(OC(=O)CCC(=O)O)cc4CCC3C1CCC2=O.CCCCCNC(=O)CCC(=O)Oc1ccc2c(c1)CCC1C2CCC2(C)C(=O)CCC12.CCCCC[NH3+].O=C1CCC(=O)O1. The fraction of sp³-hybridized carbons (Fsp3) is 0.633. The van der Waals surface area contributed by atoms with E-state index in [1.54, 1.807) is 0 Å². The van der Waals surface area contributed by atoms with Gasteiger partial charge in [-0.3, -0.25) is 57.5 Å². The van der Waals surface area contributed by atoms with Crippen molar-refractivity contribution in [1.29, 1.82) is 0 Å². The molecule has 13 aliphatic rings. The Balaban J connectivity index is 0.000000139.